The number of para-hydroxylation sites is 1. The molecule has 5 aromatic carbocycles. The summed E-state index contributed by atoms with van der Waals surface area (Å²) in [6, 6.07) is 29.4. The Hall–Kier alpha value is -4.96. The number of aromatic hydroxyl groups is 2. The zero-order chi connectivity index (χ0) is 30.0. The Morgan fingerprint density at radius 3 is 1.90 bits per heavy atom. The summed E-state index contributed by atoms with van der Waals surface area (Å²) < 4.78 is 0. The SMILES string of the molecule is Cc1cc(C)c(O)c(C(=Nc2c(C)c(C)c(C)c(C)c2N=Cc2cccc(-c3ccccc3)c2O)c2ccccc2)c1. The molecular weight excluding hydrogens is 516 g/mol. The molecular formula is C38H36N2O2. The third kappa shape index (κ3) is 5.48. The van der Waals surface area contributed by atoms with E-state index in [1.807, 2.05) is 105 Å². The van der Waals surface area contributed by atoms with Gasteiger partial charge in [0.15, 0.2) is 0 Å². The minimum atomic E-state index is 0.181. The van der Waals surface area contributed by atoms with Gasteiger partial charge < -0.3 is 10.2 Å². The number of nitrogens with zero attached hydrogens (tertiary/aromatic N) is 2. The minimum Gasteiger partial charge on any atom is -0.507 e. The molecule has 0 aliphatic heterocycles. The van der Waals surface area contributed by atoms with Crippen LogP contribution in [0.3, 0.4) is 0 Å². The summed E-state index contributed by atoms with van der Waals surface area (Å²) in [5.74, 6) is 0.398. The molecule has 0 amide bonds. The van der Waals surface area contributed by atoms with Crippen molar-refractivity contribution in [2.45, 2.75) is 41.5 Å². The fourth-order valence-corrected chi connectivity index (χ4v) is 5.35. The van der Waals surface area contributed by atoms with E-state index in [-0.39, 0.29) is 11.5 Å². The van der Waals surface area contributed by atoms with Gasteiger partial charge in [-0.05, 0) is 92.6 Å². The topological polar surface area (TPSA) is 65.2 Å². The highest BCUT2D eigenvalue weighted by Gasteiger charge is 2.19. The maximum Gasteiger partial charge on any atom is 0.132 e. The fourth-order valence-electron chi connectivity index (χ4n) is 5.35. The van der Waals surface area contributed by atoms with E-state index in [9.17, 15) is 10.2 Å². The highest BCUT2D eigenvalue weighted by atomic mass is 16.3. The second-order valence-corrected chi connectivity index (χ2v) is 10.9. The van der Waals surface area contributed by atoms with E-state index < -0.39 is 0 Å². The average molecular weight is 553 g/mol. The van der Waals surface area contributed by atoms with E-state index >= 15 is 0 Å². The van der Waals surface area contributed by atoms with Crippen LogP contribution in [0.5, 0.6) is 11.5 Å². The first-order chi connectivity index (χ1) is 20.2. The first kappa shape index (κ1) is 28.6. The summed E-state index contributed by atoms with van der Waals surface area (Å²) in [5, 5.41) is 22.4. The molecule has 5 rings (SSSR count). The molecule has 4 nitrogen and oxygen atoms in total. The maximum atomic E-state index is 11.2. The molecule has 42 heavy (non-hydrogen) atoms. The molecule has 5 aromatic rings. The summed E-state index contributed by atoms with van der Waals surface area (Å²) in [5.41, 5.74) is 12.2. The van der Waals surface area contributed by atoms with Crippen LogP contribution in [0, 0.1) is 41.5 Å². The number of hydrogen-bond donors (Lipinski definition) is 2. The molecule has 210 valence electrons. The van der Waals surface area contributed by atoms with Gasteiger partial charge in [-0.25, -0.2) is 4.99 Å². The standard InChI is InChI=1S/C38H36N2O2/c1-23-20-24(2)37(41)33(21-23)36(30-16-11-8-12-17-30)40-35-28(6)26(4)25(3)27(5)34(35)39-22-31-18-13-19-32(38(31)42)29-14-9-7-10-15-29/h7-22,41-42H,1-6H3. The predicted octanol–water partition coefficient (Wildman–Crippen LogP) is 9.54. The van der Waals surface area contributed by atoms with E-state index in [1.165, 1.54) is 0 Å². The molecule has 0 fully saturated rings. The maximum absolute atomic E-state index is 11.2. The lowest BCUT2D eigenvalue weighted by atomic mass is 9.94. The average Bonchev–Trinajstić information content (AvgIpc) is 3.00. The Kier molecular flexibility index (Phi) is 8.08. The van der Waals surface area contributed by atoms with Crippen LogP contribution >= 0.6 is 0 Å². The summed E-state index contributed by atoms with van der Waals surface area (Å²) in [6.45, 7) is 12.3. The second kappa shape index (κ2) is 11.9. The minimum absolute atomic E-state index is 0.181. The number of aliphatic imine (C=N–C) groups is 2. The van der Waals surface area contributed by atoms with Crippen molar-refractivity contribution in [2.75, 3.05) is 0 Å². The van der Waals surface area contributed by atoms with Crippen LogP contribution < -0.4 is 0 Å². The van der Waals surface area contributed by atoms with Gasteiger partial charge in [0.25, 0.3) is 0 Å². The number of phenolic OH excluding ortho intramolecular Hbond substituents is 2. The molecule has 0 radical (unpaired) electrons. The van der Waals surface area contributed by atoms with Gasteiger partial charge in [-0.2, -0.15) is 0 Å². The van der Waals surface area contributed by atoms with Crippen molar-refractivity contribution in [2.24, 2.45) is 9.98 Å². The first-order valence-corrected chi connectivity index (χ1v) is 14.1. The molecule has 4 heteroatoms. The normalized spacial score (nSPS) is 11.8. The van der Waals surface area contributed by atoms with Crippen LogP contribution in [0.4, 0.5) is 11.4 Å². The third-order valence-corrected chi connectivity index (χ3v) is 8.08. The van der Waals surface area contributed by atoms with Crippen LogP contribution in [-0.4, -0.2) is 22.1 Å². The number of hydrogen-bond acceptors (Lipinski definition) is 4. The molecule has 0 unspecified atom stereocenters. The van der Waals surface area contributed by atoms with Crippen molar-refractivity contribution in [1.29, 1.82) is 0 Å². The van der Waals surface area contributed by atoms with E-state index in [2.05, 4.69) is 27.7 Å². The molecule has 0 atom stereocenters. The van der Waals surface area contributed by atoms with Gasteiger partial charge in [-0.1, -0.05) is 78.9 Å². The molecule has 0 saturated heterocycles. The molecule has 0 aliphatic rings. The van der Waals surface area contributed by atoms with Crippen molar-refractivity contribution in [1.82, 2.24) is 0 Å². The van der Waals surface area contributed by atoms with Crippen LogP contribution in [0.25, 0.3) is 11.1 Å². The lowest BCUT2D eigenvalue weighted by molar-refractivity contribution is 0.470. The van der Waals surface area contributed by atoms with Gasteiger partial charge in [0.2, 0.25) is 0 Å². The molecule has 0 spiro atoms. The Morgan fingerprint density at radius 1 is 0.619 bits per heavy atom. The van der Waals surface area contributed by atoms with Crippen LogP contribution in [0.1, 0.15) is 50.1 Å². The zero-order valence-corrected chi connectivity index (χ0v) is 25.0. The van der Waals surface area contributed by atoms with E-state index in [0.717, 1.165) is 61.4 Å². The number of benzene rings is 5. The second-order valence-electron chi connectivity index (χ2n) is 10.9. The van der Waals surface area contributed by atoms with Gasteiger partial charge in [-0.15, -0.1) is 0 Å². The van der Waals surface area contributed by atoms with Gasteiger partial charge in [0, 0.05) is 28.5 Å². The van der Waals surface area contributed by atoms with E-state index in [4.69, 9.17) is 9.98 Å². The zero-order valence-electron chi connectivity index (χ0n) is 25.0. The Balaban J connectivity index is 1.74. The summed E-state index contributed by atoms with van der Waals surface area (Å²) in [7, 11) is 0. The Labute approximate surface area is 248 Å². The highest BCUT2D eigenvalue weighted by Crippen LogP contribution is 2.41. The van der Waals surface area contributed by atoms with Crippen molar-refractivity contribution in [3.05, 3.63) is 141 Å². The van der Waals surface area contributed by atoms with E-state index in [0.29, 0.717) is 16.8 Å². The molecule has 0 bridgehead atoms. The van der Waals surface area contributed by atoms with Crippen molar-refractivity contribution in [3.8, 4) is 22.6 Å². The van der Waals surface area contributed by atoms with Gasteiger partial charge in [0.05, 0.1) is 17.1 Å². The monoisotopic (exact) mass is 552 g/mol. The lowest BCUT2D eigenvalue weighted by Crippen LogP contribution is -2.06. The molecule has 0 aliphatic carbocycles. The van der Waals surface area contributed by atoms with Crippen LogP contribution in [0.15, 0.2) is 101 Å². The quantitative estimate of drug-likeness (QED) is 0.206. The first-order valence-electron chi connectivity index (χ1n) is 14.1. The van der Waals surface area contributed by atoms with Crippen LogP contribution in [0.2, 0.25) is 0 Å². The Bertz CT molecular complexity index is 1840. The van der Waals surface area contributed by atoms with Gasteiger partial charge >= 0.3 is 0 Å². The third-order valence-electron chi connectivity index (χ3n) is 8.08. The fraction of sp³-hybridized carbons (Fsp3) is 0.158. The number of rotatable bonds is 6. The van der Waals surface area contributed by atoms with Gasteiger partial charge in [0.1, 0.15) is 11.5 Å². The van der Waals surface area contributed by atoms with Crippen molar-refractivity contribution < 1.29 is 10.2 Å². The number of phenols is 2. The van der Waals surface area contributed by atoms with Crippen molar-refractivity contribution >= 4 is 23.3 Å². The molecule has 0 saturated carbocycles. The summed E-state index contributed by atoms with van der Waals surface area (Å²) in [4.78, 5) is 10.3. The summed E-state index contributed by atoms with van der Waals surface area (Å²) in [6.07, 6.45) is 1.72. The lowest BCUT2D eigenvalue weighted by Gasteiger charge is -2.18. The van der Waals surface area contributed by atoms with Crippen molar-refractivity contribution in [3.63, 3.8) is 0 Å². The highest BCUT2D eigenvalue weighted by molar-refractivity contribution is 6.16. The summed E-state index contributed by atoms with van der Waals surface area (Å²) >= 11 is 0. The smallest absolute Gasteiger partial charge is 0.132 e. The predicted molar refractivity (Wildman–Crippen MR) is 176 cm³/mol. The largest absolute Gasteiger partial charge is 0.507 e. The molecule has 2 N–H and O–H groups in total. The number of aryl methyl sites for hydroxylation is 2. The van der Waals surface area contributed by atoms with Gasteiger partial charge in [-0.3, -0.25) is 4.99 Å². The van der Waals surface area contributed by atoms with Crippen LogP contribution in [-0.2, 0) is 0 Å². The van der Waals surface area contributed by atoms with E-state index in [1.54, 1.807) is 6.21 Å². The molecule has 0 aromatic heterocycles. The molecule has 0 heterocycles. The Morgan fingerprint density at radius 2 is 1.24 bits per heavy atom.